The first-order chi connectivity index (χ1) is 9.06. The molecule has 0 radical (unpaired) electrons. The normalized spacial score (nSPS) is 10.1. The number of primary amides is 1. The second kappa shape index (κ2) is 7.52. The maximum atomic E-state index is 13.2. The number of carbonyl (C=O) groups excluding carboxylic acids is 1. The zero-order chi connectivity index (χ0) is 14.3. The lowest BCUT2D eigenvalue weighted by atomic mass is 10.1. The van der Waals surface area contributed by atoms with Gasteiger partial charge in [-0.2, -0.15) is 0 Å². The SMILES string of the molecule is CCN(CC(N)=O)Cc1ccc(F)cc1C#CCO. The standard InChI is InChI=1S/C14H17FN2O2/c1-2-17(10-14(16)19)9-12-5-6-13(15)8-11(12)4-3-7-18/h5-6,8,18H,2,7,9-10H2,1H3,(H2,16,19). The molecule has 0 atom stereocenters. The maximum absolute atomic E-state index is 13.2. The molecule has 4 nitrogen and oxygen atoms in total. The number of carbonyl (C=O) groups is 1. The minimum absolute atomic E-state index is 0.140. The van der Waals surface area contributed by atoms with Crippen LogP contribution in [0.4, 0.5) is 4.39 Å². The van der Waals surface area contributed by atoms with Gasteiger partial charge in [-0.3, -0.25) is 9.69 Å². The van der Waals surface area contributed by atoms with Crippen molar-refractivity contribution in [1.29, 1.82) is 0 Å². The molecule has 1 rings (SSSR count). The Balaban J connectivity index is 2.95. The summed E-state index contributed by atoms with van der Waals surface area (Å²) in [6.45, 7) is 2.86. The summed E-state index contributed by atoms with van der Waals surface area (Å²) in [6.07, 6.45) is 0. The van der Waals surface area contributed by atoms with E-state index in [-0.39, 0.29) is 19.0 Å². The van der Waals surface area contributed by atoms with E-state index in [2.05, 4.69) is 11.8 Å². The van der Waals surface area contributed by atoms with E-state index in [0.29, 0.717) is 18.7 Å². The van der Waals surface area contributed by atoms with Gasteiger partial charge in [0.15, 0.2) is 0 Å². The Morgan fingerprint density at radius 2 is 2.26 bits per heavy atom. The van der Waals surface area contributed by atoms with Gasteiger partial charge in [-0.25, -0.2) is 4.39 Å². The second-order valence-corrected chi connectivity index (χ2v) is 4.03. The summed E-state index contributed by atoms with van der Waals surface area (Å²) in [6, 6.07) is 4.29. The Labute approximate surface area is 112 Å². The number of nitrogens with two attached hydrogens (primary N) is 1. The van der Waals surface area contributed by atoms with Gasteiger partial charge in [-0.05, 0) is 24.2 Å². The number of amides is 1. The molecule has 102 valence electrons. The molecule has 1 amide bonds. The predicted molar refractivity (Wildman–Crippen MR) is 70.5 cm³/mol. The van der Waals surface area contributed by atoms with Crippen molar-refractivity contribution in [3.8, 4) is 11.8 Å². The lowest BCUT2D eigenvalue weighted by Crippen LogP contribution is -2.33. The molecule has 5 heteroatoms. The zero-order valence-electron chi connectivity index (χ0n) is 10.8. The van der Waals surface area contributed by atoms with Gasteiger partial charge in [0.1, 0.15) is 12.4 Å². The Morgan fingerprint density at radius 3 is 2.84 bits per heavy atom. The quantitative estimate of drug-likeness (QED) is 0.760. The summed E-state index contributed by atoms with van der Waals surface area (Å²) >= 11 is 0. The van der Waals surface area contributed by atoms with Gasteiger partial charge in [0, 0.05) is 12.1 Å². The van der Waals surface area contributed by atoms with Crippen molar-refractivity contribution in [2.45, 2.75) is 13.5 Å². The van der Waals surface area contributed by atoms with Crippen LogP contribution in [0.5, 0.6) is 0 Å². The number of halogens is 1. The van der Waals surface area contributed by atoms with Crippen molar-refractivity contribution in [2.24, 2.45) is 5.73 Å². The molecule has 0 bridgehead atoms. The number of likely N-dealkylation sites (N-methyl/N-ethyl adjacent to an activating group) is 1. The van der Waals surface area contributed by atoms with Crippen LogP contribution in [-0.2, 0) is 11.3 Å². The highest BCUT2D eigenvalue weighted by Gasteiger charge is 2.10. The van der Waals surface area contributed by atoms with Gasteiger partial charge < -0.3 is 10.8 Å². The fraction of sp³-hybridized carbons (Fsp3) is 0.357. The summed E-state index contributed by atoms with van der Waals surface area (Å²) < 4.78 is 13.2. The van der Waals surface area contributed by atoms with Crippen LogP contribution in [0.2, 0.25) is 0 Å². The van der Waals surface area contributed by atoms with Crippen LogP contribution in [0.1, 0.15) is 18.1 Å². The number of hydrogen-bond acceptors (Lipinski definition) is 3. The molecule has 0 aliphatic heterocycles. The largest absolute Gasteiger partial charge is 0.384 e. The highest BCUT2D eigenvalue weighted by molar-refractivity contribution is 5.75. The lowest BCUT2D eigenvalue weighted by Gasteiger charge is -2.19. The van der Waals surface area contributed by atoms with Crippen LogP contribution in [0.25, 0.3) is 0 Å². The van der Waals surface area contributed by atoms with E-state index in [4.69, 9.17) is 10.8 Å². The van der Waals surface area contributed by atoms with E-state index < -0.39 is 5.91 Å². The molecular formula is C14H17FN2O2. The summed E-state index contributed by atoms with van der Waals surface area (Å²) in [5.74, 6) is 4.40. The van der Waals surface area contributed by atoms with Gasteiger partial charge in [-0.15, -0.1) is 0 Å². The van der Waals surface area contributed by atoms with Crippen molar-refractivity contribution >= 4 is 5.91 Å². The monoisotopic (exact) mass is 264 g/mol. The number of aliphatic hydroxyl groups excluding tert-OH is 1. The van der Waals surface area contributed by atoms with E-state index in [1.807, 2.05) is 11.8 Å². The molecule has 3 N–H and O–H groups in total. The molecule has 0 unspecified atom stereocenters. The number of rotatable bonds is 5. The maximum Gasteiger partial charge on any atom is 0.231 e. The van der Waals surface area contributed by atoms with Crippen LogP contribution >= 0.6 is 0 Å². The van der Waals surface area contributed by atoms with E-state index in [1.165, 1.54) is 12.1 Å². The highest BCUT2D eigenvalue weighted by Crippen LogP contribution is 2.13. The van der Waals surface area contributed by atoms with E-state index in [9.17, 15) is 9.18 Å². The molecule has 0 aliphatic rings. The topological polar surface area (TPSA) is 66.6 Å². The van der Waals surface area contributed by atoms with Crippen LogP contribution in [0.15, 0.2) is 18.2 Å². The fourth-order valence-corrected chi connectivity index (χ4v) is 1.68. The zero-order valence-corrected chi connectivity index (χ0v) is 10.8. The molecule has 0 aromatic heterocycles. The highest BCUT2D eigenvalue weighted by atomic mass is 19.1. The summed E-state index contributed by atoms with van der Waals surface area (Å²) in [5, 5.41) is 8.70. The Bertz CT molecular complexity index is 506. The molecule has 1 aromatic carbocycles. The van der Waals surface area contributed by atoms with Crippen molar-refractivity contribution < 1.29 is 14.3 Å². The smallest absolute Gasteiger partial charge is 0.231 e. The molecule has 0 spiro atoms. The van der Waals surface area contributed by atoms with Gasteiger partial charge in [0.05, 0.1) is 6.54 Å². The summed E-state index contributed by atoms with van der Waals surface area (Å²) in [4.78, 5) is 12.8. The molecule has 0 saturated heterocycles. The number of benzene rings is 1. The minimum Gasteiger partial charge on any atom is -0.384 e. The Morgan fingerprint density at radius 1 is 1.53 bits per heavy atom. The molecule has 0 fully saturated rings. The minimum atomic E-state index is -0.410. The Kier molecular flexibility index (Phi) is 6.00. The third kappa shape index (κ3) is 5.08. The molecule has 0 heterocycles. The summed E-state index contributed by atoms with van der Waals surface area (Å²) in [5.41, 5.74) is 6.47. The number of hydrogen-bond donors (Lipinski definition) is 2. The van der Waals surface area contributed by atoms with Crippen LogP contribution in [-0.4, -0.2) is 35.6 Å². The van der Waals surface area contributed by atoms with E-state index in [0.717, 1.165) is 5.56 Å². The first kappa shape index (κ1) is 15.2. The molecule has 0 saturated carbocycles. The number of aliphatic hydroxyl groups is 1. The third-order valence-corrected chi connectivity index (χ3v) is 2.59. The van der Waals surface area contributed by atoms with E-state index in [1.54, 1.807) is 6.07 Å². The first-order valence-electron chi connectivity index (χ1n) is 5.95. The average molecular weight is 264 g/mol. The van der Waals surface area contributed by atoms with Crippen molar-refractivity contribution in [1.82, 2.24) is 4.90 Å². The molecule has 19 heavy (non-hydrogen) atoms. The van der Waals surface area contributed by atoms with Crippen molar-refractivity contribution in [3.63, 3.8) is 0 Å². The second-order valence-electron chi connectivity index (χ2n) is 4.03. The van der Waals surface area contributed by atoms with Crippen LogP contribution in [0, 0.1) is 17.7 Å². The van der Waals surface area contributed by atoms with Gasteiger partial charge in [0.2, 0.25) is 5.91 Å². The third-order valence-electron chi connectivity index (χ3n) is 2.59. The molecular weight excluding hydrogens is 247 g/mol. The summed E-state index contributed by atoms with van der Waals surface area (Å²) in [7, 11) is 0. The predicted octanol–water partition coefficient (Wildman–Crippen LogP) is 0.477. The van der Waals surface area contributed by atoms with Gasteiger partial charge >= 0.3 is 0 Å². The fourth-order valence-electron chi connectivity index (χ4n) is 1.68. The average Bonchev–Trinajstić information content (AvgIpc) is 2.37. The Hall–Kier alpha value is -1.90. The molecule has 1 aromatic rings. The number of nitrogens with zero attached hydrogens (tertiary/aromatic N) is 1. The van der Waals surface area contributed by atoms with Crippen molar-refractivity contribution in [2.75, 3.05) is 19.7 Å². The molecule has 0 aliphatic carbocycles. The lowest BCUT2D eigenvalue weighted by molar-refractivity contribution is -0.119. The van der Waals surface area contributed by atoms with Crippen molar-refractivity contribution in [3.05, 3.63) is 35.1 Å². The van der Waals surface area contributed by atoms with Crippen LogP contribution < -0.4 is 5.73 Å². The van der Waals surface area contributed by atoms with Gasteiger partial charge in [0.25, 0.3) is 0 Å². The van der Waals surface area contributed by atoms with Gasteiger partial charge in [-0.1, -0.05) is 24.8 Å². The van der Waals surface area contributed by atoms with Crippen LogP contribution in [0.3, 0.4) is 0 Å². The van der Waals surface area contributed by atoms with E-state index >= 15 is 0 Å². The first-order valence-corrected chi connectivity index (χ1v) is 5.95.